The fourth-order valence-corrected chi connectivity index (χ4v) is 1.32. The summed E-state index contributed by atoms with van der Waals surface area (Å²) in [5, 5.41) is 6.19. The number of hydrogen-bond acceptors (Lipinski definition) is 4. The molecule has 0 radical (unpaired) electrons. The minimum atomic E-state index is -0.509. The average molecular weight is 235 g/mol. The number of nitrogen functional groups attached to an aromatic ring is 1. The average Bonchev–Trinajstić information content (AvgIpc) is 2.82. The zero-order valence-electron chi connectivity index (χ0n) is 8.81. The van der Waals surface area contributed by atoms with E-state index in [1.807, 2.05) is 0 Å². The Morgan fingerprint density at radius 1 is 1.47 bits per heavy atom. The molecule has 1 amide bonds. The summed E-state index contributed by atoms with van der Waals surface area (Å²) in [7, 11) is 0. The standard InChI is InChI=1S/C11H10FN3O2/c12-7-1-2-10(13)9(5-7)11(16)14-6-8-3-4-17-15-8/h1-5H,6,13H2,(H,14,16). The summed E-state index contributed by atoms with van der Waals surface area (Å²) in [5.74, 6) is -0.962. The van der Waals surface area contributed by atoms with Crippen molar-refractivity contribution < 1.29 is 13.7 Å². The third-order valence-corrected chi connectivity index (χ3v) is 2.18. The number of nitrogens with two attached hydrogens (primary N) is 1. The molecule has 17 heavy (non-hydrogen) atoms. The predicted molar refractivity (Wildman–Crippen MR) is 58.5 cm³/mol. The molecule has 0 saturated carbocycles. The van der Waals surface area contributed by atoms with Crippen molar-refractivity contribution in [2.24, 2.45) is 0 Å². The van der Waals surface area contributed by atoms with Gasteiger partial charge in [0.15, 0.2) is 0 Å². The Labute approximate surface area is 96.4 Å². The largest absolute Gasteiger partial charge is 0.398 e. The number of halogens is 1. The fraction of sp³-hybridized carbons (Fsp3) is 0.0909. The zero-order chi connectivity index (χ0) is 12.3. The number of carbonyl (C=O) groups excluding carboxylic acids is 1. The van der Waals surface area contributed by atoms with Crippen molar-refractivity contribution in [2.45, 2.75) is 6.54 Å². The molecule has 1 heterocycles. The monoisotopic (exact) mass is 235 g/mol. The van der Waals surface area contributed by atoms with Crippen LogP contribution in [0.3, 0.4) is 0 Å². The van der Waals surface area contributed by atoms with Crippen molar-refractivity contribution in [3.63, 3.8) is 0 Å². The Bertz CT molecular complexity index is 526. The fourth-order valence-electron chi connectivity index (χ4n) is 1.32. The molecule has 88 valence electrons. The Morgan fingerprint density at radius 3 is 3.00 bits per heavy atom. The van der Waals surface area contributed by atoms with Gasteiger partial charge in [-0.3, -0.25) is 4.79 Å². The molecule has 0 spiro atoms. The van der Waals surface area contributed by atoms with Gasteiger partial charge in [0.1, 0.15) is 17.8 Å². The summed E-state index contributed by atoms with van der Waals surface area (Å²) in [5.41, 5.74) is 6.49. The van der Waals surface area contributed by atoms with Crippen LogP contribution in [-0.4, -0.2) is 11.1 Å². The Balaban J connectivity index is 2.07. The molecule has 0 aliphatic heterocycles. The molecule has 0 fully saturated rings. The van der Waals surface area contributed by atoms with Crippen LogP contribution in [0.1, 0.15) is 16.1 Å². The van der Waals surface area contributed by atoms with Crippen molar-refractivity contribution in [1.29, 1.82) is 0 Å². The number of rotatable bonds is 3. The molecule has 2 rings (SSSR count). The second-order valence-electron chi connectivity index (χ2n) is 3.41. The number of benzene rings is 1. The van der Waals surface area contributed by atoms with E-state index in [0.717, 1.165) is 6.07 Å². The molecule has 3 N–H and O–H groups in total. The lowest BCUT2D eigenvalue weighted by atomic mass is 10.1. The van der Waals surface area contributed by atoms with Gasteiger partial charge in [0.2, 0.25) is 0 Å². The van der Waals surface area contributed by atoms with Crippen LogP contribution in [0.25, 0.3) is 0 Å². The summed E-state index contributed by atoms with van der Waals surface area (Å²) in [4.78, 5) is 11.7. The van der Waals surface area contributed by atoms with Crippen LogP contribution < -0.4 is 11.1 Å². The zero-order valence-corrected chi connectivity index (χ0v) is 8.81. The number of carbonyl (C=O) groups is 1. The van der Waals surface area contributed by atoms with Gasteiger partial charge in [-0.1, -0.05) is 5.16 Å². The van der Waals surface area contributed by atoms with Gasteiger partial charge in [0, 0.05) is 11.8 Å². The first-order valence-electron chi connectivity index (χ1n) is 4.89. The molecule has 0 aliphatic rings. The van der Waals surface area contributed by atoms with Gasteiger partial charge >= 0.3 is 0 Å². The van der Waals surface area contributed by atoms with E-state index >= 15 is 0 Å². The highest BCUT2D eigenvalue weighted by Gasteiger charge is 2.10. The molecule has 0 bridgehead atoms. The number of nitrogens with zero attached hydrogens (tertiary/aromatic N) is 1. The molecule has 5 nitrogen and oxygen atoms in total. The molecule has 1 aromatic heterocycles. The third-order valence-electron chi connectivity index (χ3n) is 2.18. The van der Waals surface area contributed by atoms with E-state index < -0.39 is 11.7 Å². The van der Waals surface area contributed by atoms with Crippen molar-refractivity contribution >= 4 is 11.6 Å². The molecule has 6 heteroatoms. The lowest BCUT2D eigenvalue weighted by molar-refractivity contribution is 0.0950. The highest BCUT2D eigenvalue weighted by molar-refractivity contribution is 5.99. The Kier molecular flexibility index (Phi) is 3.04. The van der Waals surface area contributed by atoms with E-state index in [2.05, 4.69) is 15.0 Å². The van der Waals surface area contributed by atoms with Gasteiger partial charge in [-0.2, -0.15) is 0 Å². The van der Waals surface area contributed by atoms with Gasteiger partial charge in [0.25, 0.3) is 5.91 Å². The molecule has 0 unspecified atom stereocenters. The number of amides is 1. The van der Waals surface area contributed by atoms with Gasteiger partial charge < -0.3 is 15.6 Å². The summed E-state index contributed by atoms with van der Waals surface area (Å²) >= 11 is 0. The maximum atomic E-state index is 13.0. The quantitative estimate of drug-likeness (QED) is 0.786. The second kappa shape index (κ2) is 4.65. The maximum absolute atomic E-state index is 13.0. The van der Waals surface area contributed by atoms with Crippen molar-refractivity contribution in [3.05, 3.63) is 47.6 Å². The maximum Gasteiger partial charge on any atom is 0.253 e. The normalized spacial score (nSPS) is 10.2. The first kappa shape index (κ1) is 11.1. The van der Waals surface area contributed by atoms with Gasteiger partial charge in [-0.05, 0) is 18.2 Å². The van der Waals surface area contributed by atoms with E-state index in [4.69, 9.17) is 5.73 Å². The van der Waals surface area contributed by atoms with Crippen LogP contribution in [0, 0.1) is 5.82 Å². The van der Waals surface area contributed by atoms with E-state index in [0.29, 0.717) is 5.69 Å². The third kappa shape index (κ3) is 2.60. The number of nitrogens with one attached hydrogen (secondary N) is 1. The summed E-state index contributed by atoms with van der Waals surface area (Å²) in [6, 6.07) is 5.26. The number of anilines is 1. The van der Waals surface area contributed by atoms with Crippen LogP contribution in [0.15, 0.2) is 35.1 Å². The van der Waals surface area contributed by atoms with E-state index in [9.17, 15) is 9.18 Å². The molecule has 2 aromatic rings. The first-order valence-corrected chi connectivity index (χ1v) is 4.89. The van der Waals surface area contributed by atoms with E-state index in [1.165, 1.54) is 18.4 Å². The van der Waals surface area contributed by atoms with Crippen LogP contribution in [0.4, 0.5) is 10.1 Å². The Hall–Kier alpha value is -2.37. The van der Waals surface area contributed by atoms with Crippen LogP contribution in [-0.2, 0) is 6.54 Å². The number of aromatic nitrogens is 1. The van der Waals surface area contributed by atoms with Crippen molar-refractivity contribution in [3.8, 4) is 0 Å². The van der Waals surface area contributed by atoms with E-state index in [-0.39, 0.29) is 17.8 Å². The molecule has 0 atom stereocenters. The summed E-state index contributed by atoms with van der Waals surface area (Å²) < 4.78 is 17.6. The minimum Gasteiger partial charge on any atom is -0.398 e. The Morgan fingerprint density at radius 2 is 2.29 bits per heavy atom. The van der Waals surface area contributed by atoms with Crippen LogP contribution >= 0.6 is 0 Å². The highest BCUT2D eigenvalue weighted by Crippen LogP contribution is 2.13. The van der Waals surface area contributed by atoms with Gasteiger partial charge in [0.05, 0.1) is 12.1 Å². The summed E-state index contributed by atoms with van der Waals surface area (Å²) in [6.07, 6.45) is 1.40. The van der Waals surface area contributed by atoms with Crippen LogP contribution in [0.2, 0.25) is 0 Å². The van der Waals surface area contributed by atoms with Crippen molar-refractivity contribution in [1.82, 2.24) is 10.5 Å². The first-order chi connectivity index (χ1) is 8.16. The van der Waals surface area contributed by atoms with Gasteiger partial charge in [-0.25, -0.2) is 4.39 Å². The van der Waals surface area contributed by atoms with Crippen molar-refractivity contribution in [2.75, 3.05) is 5.73 Å². The number of hydrogen-bond donors (Lipinski definition) is 2. The molecule has 1 aromatic carbocycles. The SMILES string of the molecule is Nc1ccc(F)cc1C(=O)NCc1ccon1. The predicted octanol–water partition coefficient (Wildman–Crippen LogP) is 1.33. The lowest BCUT2D eigenvalue weighted by Crippen LogP contribution is -2.24. The minimum absolute atomic E-state index is 0.105. The smallest absolute Gasteiger partial charge is 0.253 e. The van der Waals surface area contributed by atoms with Gasteiger partial charge in [-0.15, -0.1) is 0 Å². The second-order valence-corrected chi connectivity index (χ2v) is 3.41. The topological polar surface area (TPSA) is 81.2 Å². The molecular weight excluding hydrogens is 225 g/mol. The molecule has 0 aliphatic carbocycles. The lowest BCUT2D eigenvalue weighted by Gasteiger charge is -2.05. The highest BCUT2D eigenvalue weighted by atomic mass is 19.1. The van der Waals surface area contributed by atoms with E-state index in [1.54, 1.807) is 6.07 Å². The molecular formula is C11H10FN3O2. The summed E-state index contributed by atoms with van der Waals surface area (Å²) in [6.45, 7) is 0.200. The molecule has 0 saturated heterocycles. The van der Waals surface area contributed by atoms with Crippen LogP contribution in [0.5, 0.6) is 0 Å².